The first-order valence-electron chi connectivity index (χ1n) is 6.37. The number of thiophene rings is 1. The Hall–Kier alpha value is -1.67. The number of hydrogen-bond acceptors (Lipinski definition) is 3. The molecule has 2 nitrogen and oxygen atoms in total. The van der Waals surface area contributed by atoms with Crippen LogP contribution in [-0.4, -0.2) is 18.5 Å². The van der Waals surface area contributed by atoms with E-state index in [1.165, 1.54) is 10.9 Å². The molecule has 0 aliphatic heterocycles. The van der Waals surface area contributed by atoms with Crippen molar-refractivity contribution >= 4 is 11.3 Å². The van der Waals surface area contributed by atoms with Crippen molar-refractivity contribution in [3.63, 3.8) is 0 Å². The minimum Gasteiger partial charge on any atom is -0.320 e. The average Bonchev–Trinajstić information content (AvgIpc) is 2.83. The van der Waals surface area contributed by atoms with Gasteiger partial charge in [-0.05, 0) is 36.2 Å². The number of benzene rings is 1. The third-order valence-electron chi connectivity index (χ3n) is 2.83. The van der Waals surface area contributed by atoms with E-state index in [2.05, 4.69) is 16.7 Å². The molecule has 2 aromatic rings. The van der Waals surface area contributed by atoms with E-state index in [4.69, 9.17) is 5.73 Å². The smallest absolute Gasteiger partial charge is 0.123 e. The molecule has 0 spiro atoms. The highest BCUT2D eigenvalue weighted by Crippen LogP contribution is 2.18. The molecule has 2 rings (SSSR count). The quantitative estimate of drug-likeness (QED) is 0.877. The summed E-state index contributed by atoms with van der Waals surface area (Å²) in [6, 6.07) is 8.72. The van der Waals surface area contributed by atoms with E-state index in [0.717, 1.165) is 17.7 Å². The summed E-state index contributed by atoms with van der Waals surface area (Å²) in [5, 5.41) is 2.03. The number of hydrogen-bond donors (Lipinski definition) is 1. The lowest BCUT2D eigenvalue weighted by molar-refractivity contribution is 0.321. The Bertz CT molecular complexity index is 625. The highest BCUT2D eigenvalue weighted by atomic mass is 32.1. The van der Waals surface area contributed by atoms with E-state index >= 15 is 0 Å². The third kappa shape index (κ3) is 4.17. The maximum absolute atomic E-state index is 13.2. The van der Waals surface area contributed by atoms with Gasteiger partial charge in [-0.2, -0.15) is 0 Å². The van der Waals surface area contributed by atoms with Gasteiger partial charge in [0.25, 0.3) is 0 Å². The zero-order valence-electron chi connectivity index (χ0n) is 11.4. The van der Waals surface area contributed by atoms with Crippen LogP contribution >= 0.6 is 11.3 Å². The molecule has 0 saturated heterocycles. The maximum Gasteiger partial charge on any atom is 0.123 e. The normalized spacial score (nSPS) is 10.4. The molecule has 0 radical (unpaired) electrons. The van der Waals surface area contributed by atoms with E-state index in [-0.39, 0.29) is 5.82 Å². The molecular formula is C16H17FN2S. The second kappa shape index (κ2) is 7.20. The Kier molecular flexibility index (Phi) is 5.31. The van der Waals surface area contributed by atoms with Crippen LogP contribution in [0.1, 0.15) is 16.0 Å². The molecule has 0 aliphatic rings. The Morgan fingerprint density at radius 2 is 2.15 bits per heavy atom. The maximum atomic E-state index is 13.2. The fourth-order valence-corrected chi connectivity index (χ4v) is 2.88. The molecular weight excluding hydrogens is 271 g/mol. The van der Waals surface area contributed by atoms with Gasteiger partial charge in [0.2, 0.25) is 0 Å². The van der Waals surface area contributed by atoms with Gasteiger partial charge < -0.3 is 5.73 Å². The van der Waals surface area contributed by atoms with Gasteiger partial charge in [0.1, 0.15) is 5.82 Å². The molecule has 0 bridgehead atoms. The van der Waals surface area contributed by atoms with Crippen LogP contribution in [0.5, 0.6) is 0 Å². The van der Waals surface area contributed by atoms with Crippen molar-refractivity contribution in [3.05, 3.63) is 57.5 Å². The average molecular weight is 288 g/mol. The largest absolute Gasteiger partial charge is 0.320 e. The van der Waals surface area contributed by atoms with Crippen molar-refractivity contribution < 1.29 is 4.39 Å². The predicted molar refractivity (Wildman–Crippen MR) is 81.8 cm³/mol. The first-order valence-corrected chi connectivity index (χ1v) is 7.25. The molecule has 1 aromatic carbocycles. The minimum atomic E-state index is -0.193. The molecule has 0 saturated carbocycles. The number of halogens is 1. The second-order valence-electron chi connectivity index (χ2n) is 4.57. The van der Waals surface area contributed by atoms with Crippen molar-refractivity contribution in [2.45, 2.75) is 13.1 Å². The van der Waals surface area contributed by atoms with Crippen molar-refractivity contribution in [1.82, 2.24) is 4.90 Å². The summed E-state index contributed by atoms with van der Waals surface area (Å²) in [6.07, 6.45) is 0. The van der Waals surface area contributed by atoms with Gasteiger partial charge in [0.05, 0.1) is 6.54 Å². The molecule has 1 aromatic heterocycles. The van der Waals surface area contributed by atoms with Crippen molar-refractivity contribution in [3.8, 4) is 11.8 Å². The van der Waals surface area contributed by atoms with E-state index in [1.807, 2.05) is 24.6 Å². The molecule has 0 unspecified atom stereocenters. The summed E-state index contributed by atoms with van der Waals surface area (Å²) >= 11 is 1.68. The number of rotatable bonds is 4. The predicted octanol–water partition coefficient (Wildman–Crippen LogP) is 2.83. The third-order valence-corrected chi connectivity index (χ3v) is 3.73. The lowest BCUT2D eigenvalue weighted by Gasteiger charge is -2.16. The Balaban J connectivity index is 2.01. The van der Waals surface area contributed by atoms with Crippen LogP contribution < -0.4 is 5.73 Å². The van der Waals surface area contributed by atoms with Crippen LogP contribution in [0.2, 0.25) is 0 Å². The molecule has 1 heterocycles. The van der Waals surface area contributed by atoms with Crippen LogP contribution in [0.3, 0.4) is 0 Å². The zero-order valence-corrected chi connectivity index (χ0v) is 12.2. The van der Waals surface area contributed by atoms with Crippen LogP contribution in [0.25, 0.3) is 0 Å². The summed E-state index contributed by atoms with van der Waals surface area (Å²) in [4.78, 5) is 3.36. The van der Waals surface area contributed by atoms with E-state index < -0.39 is 0 Å². The van der Waals surface area contributed by atoms with Crippen LogP contribution in [0.15, 0.2) is 35.7 Å². The van der Waals surface area contributed by atoms with E-state index in [1.54, 1.807) is 23.5 Å². The SMILES string of the molecule is CN(Cc1cccc(F)c1)Cc1sccc1C#CCN. The number of nitrogens with zero attached hydrogens (tertiary/aromatic N) is 1. The lowest BCUT2D eigenvalue weighted by atomic mass is 10.2. The first-order chi connectivity index (χ1) is 9.69. The molecule has 20 heavy (non-hydrogen) atoms. The van der Waals surface area contributed by atoms with Gasteiger partial charge >= 0.3 is 0 Å². The van der Waals surface area contributed by atoms with Crippen LogP contribution in [-0.2, 0) is 13.1 Å². The fourth-order valence-electron chi connectivity index (χ4n) is 1.97. The highest BCUT2D eigenvalue weighted by molar-refractivity contribution is 7.10. The van der Waals surface area contributed by atoms with Gasteiger partial charge in [0, 0.05) is 23.5 Å². The van der Waals surface area contributed by atoms with Crippen LogP contribution in [0.4, 0.5) is 4.39 Å². The topological polar surface area (TPSA) is 29.3 Å². The van der Waals surface area contributed by atoms with E-state index in [0.29, 0.717) is 13.1 Å². The van der Waals surface area contributed by atoms with Gasteiger partial charge in [-0.25, -0.2) is 4.39 Å². The lowest BCUT2D eigenvalue weighted by Crippen LogP contribution is -2.17. The van der Waals surface area contributed by atoms with Gasteiger partial charge in [0.15, 0.2) is 0 Å². The molecule has 0 amide bonds. The van der Waals surface area contributed by atoms with Gasteiger partial charge in [-0.15, -0.1) is 11.3 Å². The summed E-state index contributed by atoms with van der Waals surface area (Å²) in [5.74, 6) is 5.76. The molecule has 104 valence electrons. The van der Waals surface area contributed by atoms with Crippen molar-refractivity contribution in [1.29, 1.82) is 0 Å². The Morgan fingerprint density at radius 1 is 1.30 bits per heavy atom. The summed E-state index contributed by atoms with van der Waals surface area (Å²) in [7, 11) is 2.02. The molecule has 0 fully saturated rings. The molecule has 0 aliphatic carbocycles. The monoisotopic (exact) mass is 288 g/mol. The molecule has 4 heteroatoms. The molecule has 0 atom stereocenters. The minimum absolute atomic E-state index is 0.193. The Labute approximate surface area is 123 Å². The van der Waals surface area contributed by atoms with E-state index in [9.17, 15) is 4.39 Å². The van der Waals surface area contributed by atoms with Gasteiger partial charge in [-0.1, -0.05) is 24.0 Å². The van der Waals surface area contributed by atoms with Gasteiger partial charge in [-0.3, -0.25) is 4.90 Å². The Morgan fingerprint density at radius 3 is 2.90 bits per heavy atom. The highest BCUT2D eigenvalue weighted by Gasteiger charge is 2.07. The summed E-state index contributed by atoms with van der Waals surface area (Å²) < 4.78 is 13.2. The van der Waals surface area contributed by atoms with Crippen LogP contribution in [0, 0.1) is 17.7 Å². The number of nitrogens with two attached hydrogens (primary N) is 1. The van der Waals surface area contributed by atoms with Crippen molar-refractivity contribution in [2.24, 2.45) is 5.73 Å². The summed E-state index contributed by atoms with van der Waals surface area (Å²) in [5.41, 5.74) is 7.40. The second-order valence-corrected chi connectivity index (χ2v) is 5.57. The summed E-state index contributed by atoms with van der Waals surface area (Å²) in [6.45, 7) is 1.87. The molecule has 2 N–H and O–H groups in total. The zero-order chi connectivity index (χ0) is 14.4. The fraction of sp³-hybridized carbons (Fsp3) is 0.250. The first kappa shape index (κ1) is 14.7. The van der Waals surface area contributed by atoms with Crippen molar-refractivity contribution in [2.75, 3.05) is 13.6 Å². The standard InChI is InChI=1S/C16H17FN2S/c1-19(11-13-4-2-6-15(17)10-13)12-16-14(5-3-8-18)7-9-20-16/h2,4,6-7,9-10H,8,11-12,18H2,1H3.